The highest BCUT2D eigenvalue weighted by Gasteiger charge is 2.30. The third kappa shape index (κ3) is 9.54. The Bertz CT molecular complexity index is 1410. The van der Waals surface area contributed by atoms with Crippen LogP contribution in [-0.2, 0) is 11.3 Å². The highest BCUT2D eigenvalue weighted by atomic mass is 16.5. The third-order valence-corrected chi connectivity index (χ3v) is 8.37. The molecule has 11 heteroatoms. The fraction of sp³-hybridized carbons (Fsp3) is 0.514. The number of hydrogen-bond donors (Lipinski definition) is 3. The maximum atomic E-state index is 14.3. The molecule has 4 atom stereocenters. The molecule has 0 bridgehead atoms. The Kier molecular flexibility index (Phi) is 12.6. The van der Waals surface area contributed by atoms with Crippen molar-refractivity contribution in [1.29, 1.82) is 0 Å². The molecule has 2 aromatic carbocycles. The predicted molar refractivity (Wildman–Crippen MR) is 178 cm³/mol. The van der Waals surface area contributed by atoms with E-state index in [0.29, 0.717) is 53.8 Å². The van der Waals surface area contributed by atoms with Crippen LogP contribution in [-0.4, -0.2) is 83.6 Å². The number of aliphatic hydroxyl groups is 1. The van der Waals surface area contributed by atoms with Gasteiger partial charge in [-0.3, -0.25) is 9.69 Å². The van der Waals surface area contributed by atoms with Gasteiger partial charge < -0.3 is 34.6 Å². The molecule has 0 saturated heterocycles. The molecule has 1 aromatic heterocycles. The van der Waals surface area contributed by atoms with Crippen LogP contribution in [0.2, 0.25) is 0 Å². The van der Waals surface area contributed by atoms with Crippen molar-refractivity contribution in [3.8, 4) is 5.75 Å². The second kappa shape index (κ2) is 16.6. The number of likely N-dealkylation sites (N-methyl/N-ethyl adjacent to an activating group) is 1. The van der Waals surface area contributed by atoms with Gasteiger partial charge in [-0.1, -0.05) is 42.4 Å². The molecular weight excluding hydrogens is 586 g/mol. The van der Waals surface area contributed by atoms with Gasteiger partial charge in [0.2, 0.25) is 0 Å². The van der Waals surface area contributed by atoms with Crippen LogP contribution in [0.15, 0.2) is 53.1 Å². The van der Waals surface area contributed by atoms with Gasteiger partial charge in [0.25, 0.3) is 5.91 Å². The summed E-state index contributed by atoms with van der Waals surface area (Å²) in [6.07, 6.45) is 2.33. The summed E-state index contributed by atoms with van der Waals surface area (Å²) in [5.74, 6) is 0.596. The summed E-state index contributed by atoms with van der Waals surface area (Å²) in [4.78, 5) is 31.2. The molecule has 11 nitrogen and oxygen atoms in total. The topological polar surface area (TPSA) is 129 Å². The van der Waals surface area contributed by atoms with Crippen molar-refractivity contribution in [1.82, 2.24) is 15.0 Å². The van der Waals surface area contributed by atoms with E-state index in [1.165, 1.54) is 5.56 Å². The van der Waals surface area contributed by atoms with Crippen LogP contribution >= 0.6 is 0 Å². The van der Waals surface area contributed by atoms with E-state index < -0.39 is 12.1 Å². The molecule has 0 spiro atoms. The number of aliphatic hydroxyl groups excluding tert-OH is 1. The van der Waals surface area contributed by atoms with Gasteiger partial charge in [-0.2, -0.15) is 0 Å². The minimum atomic E-state index is -0.495. The number of aromatic nitrogens is 1. The summed E-state index contributed by atoms with van der Waals surface area (Å²) in [6, 6.07) is 14.4. The smallest absolute Gasteiger partial charge is 0.323 e. The van der Waals surface area contributed by atoms with Gasteiger partial charge in [0.15, 0.2) is 5.76 Å². The average Bonchev–Trinajstić information content (AvgIpc) is 3.34. The maximum absolute atomic E-state index is 14.3. The lowest BCUT2D eigenvalue weighted by atomic mass is 10.0. The fourth-order valence-electron chi connectivity index (χ4n) is 5.67. The standard InChI is InChI=1S/C35H49N5O6/c1-23-19-40(24(2)22-41)34(42)30-18-29(36-35(43)37-33-26(4)38-46-27(33)5)15-16-31(30)45-25(3)12-10-11-17-44-32(23)21-39(6)20-28-13-8-7-9-14-28/h7-9,13-16,18,23-25,32,41H,10-12,17,19-22H2,1-6H3,(H2,36,37,43)/t23-,24-,25+,32-/m0/s1. The molecule has 250 valence electrons. The van der Waals surface area contributed by atoms with Crippen LogP contribution in [0.1, 0.15) is 67.4 Å². The SMILES string of the molecule is Cc1noc(C)c1NC(=O)Nc1ccc2c(c1)C(=O)N([C@@H](C)CO)C[C@H](C)[C@H](CN(C)Cc1ccccc1)OCCCC[C@@H](C)O2. The number of fused-ring (bicyclic) bond motifs is 1. The number of ether oxygens (including phenoxy) is 2. The van der Waals surface area contributed by atoms with Crippen LogP contribution in [0.4, 0.5) is 16.2 Å². The Labute approximate surface area is 272 Å². The average molecular weight is 636 g/mol. The quantitative estimate of drug-likeness (QED) is 0.281. The van der Waals surface area contributed by atoms with E-state index >= 15 is 0 Å². The Morgan fingerprint density at radius 3 is 2.59 bits per heavy atom. The number of amides is 3. The lowest BCUT2D eigenvalue weighted by Crippen LogP contribution is -2.47. The van der Waals surface area contributed by atoms with E-state index in [-0.39, 0.29) is 30.6 Å². The van der Waals surface area contributed by atoms with Crippen molar-refractivity contribution in [3.05, 3.63) is 71.1 Å². The van der Waals surface area contributed by atoms with Crippen LogP contribution in [0.25, 0.3) is 0 Å². The number of carbonyl (C=O) groups is 2. The van der Waals surface area contributed by atoms with Crippen molar-refractivity contribution >= 4 is 23.3 Å². The minimum absolute atomic E-state index is 0.0375. The van der Waals surface area contributed by atoms with Crippen molar-refractivity contribution in [2.75, 3.05) is 44.0 Å². The zero-order chi connectivity index (χ0) is 33.2. The second-order valence-corrected chi connectivity index (χ2v) is 12.5. The third-order valence-electron chi connectivity index (χ3n) is 8.37. The van der Waals surface area contributed by atoms with Gasteiger partial charge in [-0.05, 0) is 77.8 Å². The largest absolute Gasteiger partial charge is 0.490 e. The van der Waals surface area contributed by atoms with Gasteiger partial charge in [0, 0.05) is 37.8 Å². The summed E-state index contributed by atoms with van der Waals surface area (Å²) in [5.41, 5.74) is 3.00. The minimum Gasteiger partial charge on any atom is -0.490 e. The first-order chi connectivity index (χ1) is 22.0. The van der Waals surface area contributed by atoms with Crippen molar-refractivity contribution in [2.24, 2.45) is 5.92 Å². The Morgan fingerprint density at radius 1 is 1.13 bits per heavy atom. The number of rotatable bonds is 8. The van der Waals surface area contributed by atoms with Gasteiger partial charge in [0.1, 0.15) is 17.1 Å². The summed E-state index contributed by atoms with van der Waals surface area (Å²) in [5, 5.41) is 19.7. The number of urea groups is 1. The summed E-state index contributed by atoms with van der Waals surface area (Å²) in [7, 11) is 2.08. The van der Waals surface area contributed by atoms with Crippen molar-refractivity contribution in [2.45, 2.75) is 78.7 Å². The molecule has 0 saturated carbocycles. The van der Waals surface area contributed by atoms with E-state index in [1.807, 2.05) is 32.0 Å². The first kappa shape index (κ1) is 34.9. The number of aryl methyl sites for hydroxylation is 2. The number of nitrogens with one attached hydrogen (secondary N) is 2. The van der Waals surface area contributed by atoms with Crippen LogP contribution in [0.5, 0.6) is 5.75 Å². The summed E-state index contributed by atoms with van der Waals surface area (Å²) >= 11 is 0. The predicted octanol–water partition coefficient (Wildman–Crippen LogP) is 5.86. The highest BCUT2D eigenvalue weighted by Crippen LogP contribution is 2.29. The summed E-state index contributed by atoms with van der Waals surface area (Å²) < 4.78 is 17.9. The molecule has 3 N–H and O–H groups in total. The number of anilines is 2. The van der Waals surface area contributed by atoms with Gasteiger partial charge in [-0.15, -0.1) is 0 Å². The molecule has 0 radical (unpaired) electrons. The number of carbonyl (C=O) groups excluding carboxylic acids is 2. The molecule has 0 fully saturated rings. The normalized spacial score (nSPS) is 20.4. The number of hydrogen-bond acceptors (Lipinski definition) is 8. The Morgan fingerprint density at radius 2 is 1.89 bits per heavy atom. The van der Waals surface area contributed by atoms with Crippen LogP contribution in [0, 0.1) is 19.8 Å². The number of benzene rings is 2. The lowest BCUT2D eigenvalue weighted by molar-refractivity contribution is -0.0177. The van der Waals surface area contributed by atoms with Crippen LogP contribution < -0.4 is 15.4 Å². The van der Waals surface area contributed by atoms with Crippen molar-refractivity contribution < 1.29 is 28.7 Å². The number of nitrogens with zero attached hydrogens (tertiary/aromatic N) is 3. The molecule has 2 heterocycles. The van der Waals surface area contributed by atoms with Gasteiger partial charge in [-0.25, -0.2) is 4.79 Å². The second-order valence-electron chi connectivity index (χ2n) is 12.5. The van der Waals surface area contributed by atoms with E-state index in [1.54, 1.807) is 36.9 Å². The van der Waals surface area contributed by atoms with Gasteiger partial charge in [0.05, 0.1) is 30.4 Å². The first-order valence-corrected chi connectivity index (χ1v) is 16.1. The molecule has 3 amide bonds. The molecule has 4 rings (SSSR count). The molecule has 3 aromatic rings. The van der Waals surface area contributed by atoms with Crippen LogP contribution in [0.3, 0.4) is 0 Å². The highest BCUT2D eigenvalue weighted by molar-refractivity contribution is 6.03. The first-order valence-electron chi connectivity index (χ1n) is 16.1. The molecule has 0 unspecified atom stereocenters. The molecule has 1 aliphatic rings. The van der Waals surface area contributed by atoms with E-state index in [0.717, 1.165) is 25.8 Å². The zero-order valence-electron chi connectivity index (χ0n) is 27.9. The fourth-order valence-corrected chi connectivity index (χ4v) is 5.67. The van der Waals surface area contributed by atoms with E-state index in [2.05, 4.69) is 46.8 Å². The van der Waals surface area contributed by atoms with Crippen molar-refractivity contribution in [3.63, 3.8) is 0 Å². The molecular formula is C35H49N5O6. The lowest BCUT2D eigenvalue weighted by Gasteiger charge is -2.36. The summed E-state index contributed by atoms with van der Waals surface area (Å²) in [6.45, 7) is 11.6. The Hall–Kier alpha value is -3.93. The molecule has 0 aliphatic carbocycles. The molecule has 1 aliphatic heterocycles. The van der Waals surface area contributed by atoms with E-state index in [9.17, 15) is 14.7 Å². The Balaban J connectivity index is 1.60. The zero-order valence-corrected chi connectivity index (χ0v) is 27.9. The monoisotopic (exact) mass is 635 g/mol. The van der Waals surface area contributed by atoms with E-state index in [4.69, 9.17) is 14.0 Å². The van der Waals surface area contributed by atoms with Gasteiger partial charge >= 0.3 is 6.03 Å². The maximum Gasteiger partial charge on any atom is 0.323 e. The molecule has 46 heavy (non-hydrogen) atoms.